The summed E-state index contributed by atoms with van der Waals surface area (Å²) in [6, 6.07) is 0. The van der Waals surface area contributed by atoms with Gasteiger partial charge in [0.1, 0.15) is 0 Å². The number of amides is 1. The van der Waals surface area contributed by atoms with Gasteiger partial charge in [-0.2, -0.15) is 0 Å². The first-order chi connectivity index (χ1) is 8.74. The van der Waals surface area contributed by atoms with Crippen LogP contribution in [0.25, 0.3) is 0 Å². The fourth-order valence-corrected chi connectivity index (χ4v) is 3.01. The van der Waals surface area contributed by atoms with Crippen LogP contribution in [0.3, 0.4) is 0 Å². The molecule has 0 radical (unpaired) electrons. The predicted octanol–water partition coefficient (Wildman–Crippen LogP) is 2.32. The molecule has 3 nitrogen and oxygen atoms in total. The summed E-state index contributed by atoms with van der Waals surface area (Å²) in [5.41, 5.74) is 0. The van der Waals surface area contributed by atoms with E-state index in [0.717, 1.165) is 30.8 Å². The maximum absolute atomic E-state index is 11.6. The summed E-state index contributed by atoms with van der Waals surface area (Å²) in [5, 5.41) is 6.27. The second kappa shape index (κ2) is 7.13. The van der Waals surface area contributed by atoms with Crippen LogP contribution in [0, 0.1) is 17.8 Å². The molecule has 0 aromatic rings. The van der Waals surface area contributed by atoms with E-state index in [1.54, 1.807) is 0 Å². The van der Waals surface area contributed by atoms with Crippen molar-refractivity contribution in [1.82, 2.24) is 10.6 Å². The standard InChI is InChI=1S/C15H28N2O/c1-12-3-2-4-13(9-12)7-8-17-15(18)11-16-10-14-5-6-14/h12-14,16H,2-11H2,1H3,(H,17,18). The second-order valence-electron chi connectivity index (χ2n) is 6.35. The molecule has 0 heterocycles. The van der Waals surface area contributed by atoms with Crippen LogP contribution < -0.4 is 10.6 Å². The van der Waals surface area contributed by atoms with E-state index >= 15 is 0 Å². The molecular formula is C15H28N2O. The lowest BCUT2D eigenvalue weighted by Gasteiger charge is -2.26. The molecule has 2 aliphatic carbocycles. The summed E-state index contributed by atoms with van der Waals surface area (Å²) in [7, 11) is 0. The van der Waals surface area contributed by atoms with Gasteiger partial charge < -0.3 is 10.6 Å². The molecule has 2 rings (SSSR count). The van der Waals surface area contributed by atoms with Crippen LogP contribution in [-0.2, 0) is 4.79 Å². The lowest BCUT2D eigenvalue weighted by Crippen LogP contribution is -2.35. The van der Waals surface area contributed by atoms with E-state index in [9.17, 15) is 4.79 Å². The lowest BCUT2D eigenvalue weighted by atomic mass is 9.81. The predicted molar refractivity (Wildman–Crippen MR) is 74.3 cm³/mol. The van der Waals surface area contributed by atoms with Gasteiger partial charge in [0.15, 0.2) is 0 Å². The van der Waals surface area contributed by atoms with E-state index in [2.05, 4.69) is 17.6 Å². The highest BCUT2D eigenvalue weighted by atomic mass is 16.1. The molecule has 0 aromatic carbocycles. The molecule has 2 saturated carbocycles. The van der Waals surface area contributed by atoms with Crippen molar-refractivity contribution in [3.05, 3.63) is 0 Å². The third-order valence-electron chi connectivity index (χ3n) is 4.34. The molecule has 0 aromatic heterocycles. The van der Waals surface area contributed by atoms with Crippen molar-refractivity contribution >= 4 is 5.91 Å². The van der Waals surface area contributed by atoms with Crippen molar-refractivity contribution in [2.45, 2.75) is 51.9 Å². The van der Waals surface area contributed by atoms with Crippen LogP contribution in [0.5, 0.6) is 0 Å². The molecule has 2 N–H and O–H groups in total. The molecule has 2 aliphatic rings. The Balaban J connectivity index is 1.47. The summed E-state index contributed by atoms with van der Waals surface area (Å²) >= 11 is 0. The Bertz CT molecular complexity index is 263. The highest BCUT2D eigenvalue weighted by Gasteiger charge is 2.21. The van der Waals surface area contributed by atoms with E-state index in [-0.39, 0.29) is 5.91 Å². The van der Waals surface area contributed by atoms with Gasteiger partial charge in [-0.15, -0.1) is 0 Å². The van der Waals surface area contributed by atoms with Crippen molar-refractivity contribution in [3.8, 4) is 0 Å². The van der Waals surface area contributed by atoms with Gasteiger partial charge in [0.25, 0.3) is 0 Å². The minimum atomic E-state index is 0.166. The highest BCUT2D eigenvalue weighted by molar-refractivity contribution is 5.77. The quantitative estimate of drug-likeness (QED) is 0.730. The summed E-state index contributed by atoms with van der Waals surface area (Å²) in [6.45, 7) is 4.74. The van der Waals surface area contributed by atoms with E-state index in [1.165, 1.54) is 44.9 Å². The van der Waals surface area contributed by atoms with Crippen LogP contribution in [0.1, 0.15) is 51.9 Å². The molecule has 0 saturated heterocycles. The average Bonchev–Trinajstić information content (AvgIpc) is 3.13. The zero-order valence-corrected chi connectivity index (χ0v) is 11.7. The number of hydrogen-bond donors (Lipinski definition) is 2. The molecule has 2 fully saturated rings. The van der Waals surface area contributed by atoms with Gasteiger partial charge in [-0.05, 0) is 50.0 Å². The zero-order valence-electron chi connectivity index (χ0n) is 11.7. The summed E-state index contributed by atoms with van der Waals surface area (Å²) in [4.78, 5) is 11.6. The molecule has 1 amide bonds. The fraction of sp³-hybridized carbons (Fsp3) is 0.933. The number of carbonyl (C=O) groups is 1. The Morgan fingerprint density at radius 3 is 2.72 bits per heavy atom. The Kier molecular flexibility index (Phi) is 5.48. The van der Waals surface area contributed by atoms with E-state index in [0.29, 0.717) is 6.54 Å². The smallest absolute Gasteiger partial charge is 0.233 e. The van der Waals surface area contributed by atoms with Crippen molar-refractivity contribution < 1.29 is 4.79 Å². The summed E-state index contributed by atoms with van der Waals surface area (Å²) < 4.78 is 0. The van der Waals surface area contributed by atoms with Crippen molar-refractivity contribution in [2.75, 3.05) is 19.6 Å². The van der Waals surface area contributed by atoms with Gasteiger partial charge in [0.05, 0.1) is 6.54 Å². The van der Waals surface area contributed by atoms with Gasteiger partial charge in [0.2, 0.25) is 5.91 Å². The minimum Gasteiger partial charge on any atom is -0.355 e. The van der Waals surface area contributed by atoms with Gasteiger partial charge in [-0.3, -0.25) is 4.79 Å². The van der Waals surface area contributed by atoms with E-state index in [1.807, 2.05) is 0 Å². The molecule has 3 heteroatoms. The van der Waals surface area contributed by atoms with Gasteiger partial charge in [-0.25, -0.2) is 0 Å². The number of carbonyl (C=O) groups excluding carboxylic acids is 1. The molecule has 104 valence electrons. The zero-order chi connectivity index (χ0) is 12.8. The van der Waals surface area contributed by atoms with Crippen molar-refractivity contribution in [3.63, 3.8) is 0 Å². The third kappa shape index (κ3) is 5.38. The maximum Gasteiger partial charge on any atom is 0.233 e. The SMILES string of the molecule is CC1CCCC(CCNC(=O)CNCC2CC2)C1. The minimum absolute atomic E-state index is 0.166. The van der Waals surface area contributed by atoms with Crippen LogP contribution in [-0.4, -0.2) is 25.5 Å². The maximum atomic E-state index is 11.6. The van der Waals surface area contributed by atoms with E-state index < -0.39 is 0 Å². The van der Waals surface area contributed by atoms with Crippen molar-refractivity contribution in [2.24, 2.45) is 17.8 Å². The number of rotatable bonds is 7. The molecule has 2 atom stereocenters. The summed E-state index contributed by atoms with van der Waals surface area (Å²) in [6.07, 6.45) is 9.34. The normalized spacial score (nSPS) is 28.1. The fourth-order valence-electron chi connectivity index (χ4n) is 3.01. The van der Waals surface area contributed by atoms with Crippen LogP contribution in [0.4, 0.5) is 0 Å². The third-order valence-corrected chi connectivity index (χ3v) is 4.34. The average molecular weight is 252 g/mol. The largest absolute Gasteiger partial charge is 0.355 e. The first kappa shape index (κ1) is 13.9. The number of hydrogen-bond acceptors (Lipinski definition) is 2. The lowest BCUT2D eigenvalue weighted by molar-refractivity contribution is -0.120. The topological polar surface area (TPSA) is 41.1 Å². The first-order valence-corrected chi connectivity index (χ1v) is 7.71. The summed E-state index contributed by atoms with van der Waals surface area (Å²) in [5.74, 6) is 2.74. The molecule has 18 heavy (non-hydrogen) atoms. The molecule has 0 spiro atoms. The molecule has 0 aliphatic heterocycles. The molecular weight excluding hydrogens is 224 g/mol. The Morgan fingerprint density at radius 2 is 2.00 bits per heavy atom. The molecule has 0 bridgehead atoms. The van der Waals surface area contributed by atoms with Gasteiger partial charge in [-0.1, -0.05) is 26.2 Å². The van der Waals surface area contributed by atoms with E-state index in [4.69, 9.17) is 0 Å². The van der Waals surface area contributed by atoms with Gasteiger partial charge >= 0.3 is 0 Å². The van der Waals surface area contributed by atoms with Crippen LogP contribution in [0.2, 0.25) is 0 Å². The Hall–Kier alpha value is -0.570. The van der Waals surface area contributed by atoms with Crippen LogP contribution >= 0.6 is 0 Å². The number of nitrogens with one attached hydrogen (secondary N) is 2. The van der Waals surface area contributed by atoms with Crippen LogP contribution in [0.15, 0.2) is 0 Å². The van der Waals surface area contributed by atoms with Gasteiger partial charge in [0, 0.05) is 6.54 Å². The molecule has 2 unspecified atom stereocenters. The highest BCUT2D eigenvalue weighted by Crippen LogP contribution is 2.30. The van der Waals surface area contributed by atoms with Crippen molar-refractivity contribution in [1.29, 1.82) is 0 Å². The Morgan fingerprint density at radius 1 is 1.17 bits per heavy atom. The second-order valence-corrected chi connectivity index (χ2v) is 6.35. The monoisotopic (exact) mass is 252 g/mol. The Labute approximate surface area is 111 Å². The first-order valence-electron chi connectivity index (χ1n) is 7.71.